The molecular weight excluding hydrogens is 500 g/mol. The summed E-state index contributed by atoms with van der Waals surface area (Å²) >= 11 is 3.53. The van der Waals surface area contributed by atoms with Crippen LogP contribution in [0.25, 0.3) is 0 Å². The lowest BCUT2D eigenvalue weighted by molar-refractivity contribution is -0.232. The predicted molar refractivity (Wildman–Crippen MR) is 147 cm³/mol. The number of hydrogen-bond acceptors (Lipinski definition) is 3. The molecule has 3 nitrogen and oxygen atoms in total. The second kappa shape index (κ2) is 8.94. The average Bonchev–Trinajstić information content (AvgIpc) is 3.14. The summed E-state index contributed by atoms with van der Waals surface area (Å²) in [5.41, 5.74) is 0.507. The Morgan fingerprint density at radius 3 is 2.31 bits per heavy atom. The molecule has 0 aromatic carbocycles. The molecule has 35 heavy (non-hydrogen) atoms. The van der Waals surface area contributed by atoms with E-state index >= 15 is 0 Å². The molecule has 2 N–H and O–H groups in total. The largest absolute Gasteiger partial charge is 0.393 e. The van der Waals surface area contributed by atoms with Gasteiger partial charge in [0.1, 0.15) is 5.78 Å². The number of hydrogen-bond donors (Lipinski definition) is 2. The van der Waals surface area contributed by atoms with Crippen molar-refractivity contribution >= 4 is 21.7 Å². The molecule has 0 spiro atoms. The number of aliphatic hydroxyl groups is 2. The van der Waals surface area contributed by atoms with Gasteiger partial charge in [-0.1, -0.05) is 70.0 Å². The Labute approximate surface area is 223 Å². The predicted octanol–water partition coefficient (Wildman–Crippen LogP) is 7.68. The molecule has 200 valence electrons. The van der Waals surface area contributed by atoms with E-state index in [9.17, 15) is 15.0 Å². The Kier molecular flexibility index (Phi) is 7.11. The van der Waals surface area contributed by atoms with Crippen LogP contribution in [-0.4, -0.2) is 27.7 Å². The van der Waals surface area contributed by atoms with Gasteiger partial charge in [0.2, 0.25) is 0 Å². The van der Waals surface area contributed by atoms with Crippen molar-refractivity contribution in [3.05, 3.63) is 10.6 Å². The van der Waals surface area contributed by atoms with Gasteiger partial charge in [-0.2, -0.15) is 0 Å². The van der Waals surface area contributed by atoms with Crippen LogP contribution in [0.4, 0.5) is 0 Å². The van der Waals surface area contributed by atoms with Crippen molar-refractivity contribution in [1.82, 2.24) is 0 Å². The zero-order valence-corrected chi connectivity index (χ0v) is 25.2. The smallest absolute Gasteiger partial charge is 0.138 e. The van der Waals surface area contributed by atoms with Gasteiger partial charge >= 0.3 is 0 Å². The van der Waals surface area contributed by atoms with E-state index in [0.29, 0.717) is 30.0 Å². The lowest BCUT2D eigenvalue weighted by Crippen LogP contribution is -2.66. The maximum atomic E-state index is 12.9. The quantitative estimate of drug-likeness (QED) is 0.369. The Hall–Kier alpha value is -0.190. The minimum Gasteiger partial charge on any atom is -0.393 e. The van der Waals surface area contributed by atoms with Gasteiger partial charge in [0, 0.05) is 11.8 Å². The van der Waals surface area contributed by atoms with Crippen molar-refractivity contribution in [3.63, 3.8) is 0 Å². The van der Waals surface area contributed by atoms with Crippen LogP contribution < -0.4 is 0 Å². The van der Waals surface area contributed by atoms with Crippen molar-refractivity contribution in [2.75, 3.05) is 0 Å². The number of fused-ring (bicyclic) bond motifs is 5. The molecule has 9 atom stereocenters. The highest BCUT2D eigenvalue weighted by Crippen LogP contribution is 2.75. The minimum absolute atomic E-state index is 0.00963. The van der Waals surface area contributed by atoms with Gasteiger partial charge in [-0.25, -0.2) is 0 Å². The summed E-state index contributed by atoms with van der Waals surface area (Å²) in [6.07, 6.45) is 8.01. The third-order valence-corrected chi connectivity index (χ3v) is 13.3. The van der Waals surface area contributed by atoms with Gasteiger partial charge in [-0.3, -0.25) is 4.79 Å². The molecule has 0 aromatic rings. The molecular formula is C31H51BrO3. The summed E-state index contributed by atoms with van der Waals surface area (Å²) in [6, 6.07) is 0. The standard InChI is InChI=1S/C31H51BrO3/c1-19(2)20(18-32)9-16-31(8,35)21-10-14-30(7)26(21)22(33)17-24-28(5)13-12-25(34)27(3,4)23(28)11-15-29(24,30)6/h18-19,21-24,26,33,35H,9-17H2,1-8H3/b20-18-/t21-,22+,23-,24+,26-,28-,29+,30+,31-/m0/s1. The molecule has 4 fully saturated rings. The fraction of sp³-hybridized carbons (Fsp3) is 0.903. The molecule has 0 unspecified atom stereocenters. The molecule has 4 heteroatoms. The molecule has 0 saturated heterocycles. The van der Waals surface area contributed by atoms with Crippen molar-refractivity contribution in [2.45, 2.75) is 125 Å². The van der Waals surface area contributed by atoms with Gasteiger partial charge in [-0.15, -0.1) is 0 Å². The van der Waals surface area contributed by atoms with Crippen LogP contribution in [0.15, 0.2) is 10.6 Å². The van der Waals surface area contributed by atoms with Crippen LogP contribution in [0.1, 0.15) is 113 Å². The van der Waals surface area contributed by atoms with E-state index in [1.54, 1.807) is 0 Å². The highest BCUT2D eigenvalue weighted by molar-refractivity contribution is 9.11. The van der Waals surface area contributed by atoms with Crippen LogP contribution in [0, 0.1) is 51.2 Å². The number of rotatable bonds is 5. The summed E-state index contributed by atoms with van der Waals surface area (Å²) < 4.78 is 0. The highest BCUT2D eigenvalue weighted by atomic mass is 79.9. The Bertz CT molecular complexity index is 874. The van der Waals surface area contributed by atoms with Crippen LogP contribution in [0.5, 0.6) is 0 Å². The minimum atomic E-state index is -0.789. The maximum Gasteiger partial charge on any atom is 0.138 e. The number of halogens is 1. The normalized spacial score (nSPS) is 47.1. The van der Waals surface area contributed by atoms with Crippen LogP contribution in [-0.2, 0) is 4.79 Å². The Balaban J connectivity index is 1.64. The lowest BCUT2D eigenvalue weighted by Gasteiger charge is -2.69. The van der Waals surface area contributed by atoms with Crippen LogP contribution >= 0.6 is 15.9 Å². The average molecular weight is 552 g/mol. The molecule has 4 aliphatic rings. The Morgan fingerprint density at radius 2 is 1.71 bits per heavy atom. The zero-order valence-electron chi connectivity index (χ0n) is 23.6. The first-order valence-electron chi connectivity index (χ1n) is 14.3. The summed E-state index contributed by atoms with van der Waals surface area (Å²) in [7, 11) is 0. The number of aliphatic hydroxyl groups excluding tert-OH is 1. The lowest BCUT2D eigenvalue weighted by atomic mass is 9.35. The van der Waals surface area contributed by atoms with E-state index in [1.807, 2.05) is 11.9 Å². The van der Waals surface area contributed by atoms with Crippen molar-refractivity contribution in [1.29, 1.82) is 0 Å². The number of carbonyl (C=O) groups excluding carboxylic acids is 1. The molecule has 0 radical (unpaired) electrons. The van der Waals surface area contributed by atoms with E-state index < -0.39 is 5.60 Å². The summed E-state index contributed by atoms with van der Waals surface area (Å²) in [4.78, 5) is 14.9. The number of allylic oxidation sites excluding steroid dienone is 1. The highest BCUT2D eigenvalue weighted by Gasteiger charge is 2.71. The second-order valence-corrected chi connectivity index (χ2v) is 15.3. The van der Waals surface area contributed by atoms with Crippen LogP contribution in [0.3, 0.4) is 0 Å². The van der Waals surface area contributed by atoms with Crippen LogP contribution in [0.2, 0.25) is 0 Å². The SMILES string of the molecule is CC(C)/C(=C\Br)CC[C@](C)(O)[C@H]1CC[C@]2(C)[C@@H]1[C@H](O)C[C@@H]1[C@@]3(C)CCC(=O)C(C)(C)[C@@H]3CC[C@]12C. The van der Waals surface area contributed by atoms with Gasteiger partial charge < -0.3 is 10.2 Å². The molecule has 0 heterocycles. The van der Waals surface area contributed by atoms with E-state index in [2.05, 4.69) is 64.4 Å². The summed E-state index contributed by atoms with van der Waals surface area (Å²) in [5, 5.41) is 23.7. The molecule has 0 bridgehead atoms. The number of carbonyl (C=O) groups is 1. The third-order valence-electron chi connectivity index (χ3n) is 12.7. The van der Waals surface area contributed by atoms with Gasteiger partial charge in [0.05, 0.1) is 11.7 Å². The molecule has 4 aliphatic carbocycles. The molecule has 4 rings (SSSR count). The molecule has 0 amide bonds. The second-order valence-electron chi connectivity index (χ2n) is 14.8. The topological polar surface area (TPSA) is 57.5 Å². The van der Waals surface area contributed by atoms with E-state index in [4.69, 9.17) is 0 Å². The molecule has 4 saturated carbocycles. The summed E-state index contributed by atoms with van der Waals surface area (Å²) in [5.74, 6) is 1.96. The number of ketones is 1. The summed E-state index contributed by atoms with van der Waals surface area (Å²) in [6.45, 7) is 18.2. The van der Waals surface area contributed by atoms with Crippen molar-refractivity contribution in [2.24, 2.45) is 51.2 Å². The first kappa shape index (κ1) is 27.8. The molecule has 0 aromatic heterocycles. The van der Waals surface area contributed by atoms with Crippen molar-refractivity contribution in [3.8, 4) is 0 Å². The van der Waals surface area contributed by atoms with E-state index in [1.165, 1.54) is 5.57 Å². The molecule has 0 aliphatic heterocycles. The van der Waals surface area contributed by atoms with Gasteiger partial charge in [0.25, 0.3) is 0 Å². The fourth-order valence-corrected chi connectivity index (χ4v) is 11.1. The van der Waals surface area contributed by atoms with E-state index in [0.717, 1.165) is 51.4 Å². The Morgan fingerprint density at radius 1 is 1.09 bits per heavy atom. The number of Topliss-reactive ketones (excluding diaryl/α,β-unsaturated/α-hetero) is 1. The third kappa shape index (κ3) is 3.97. The van der Waals surface area contributed by atoms with Gasteiger partial charge in [0.15, 0.2) is 0 Å². The maximum absolute atomic E-state index is 12.9. The van der Waals surface area contributed by atoms with Crippen molar-refractivity contribution < 1.29 is 15.0 Å². The zero-order chi connectivity index (χ0) is 26.2. The fourth-order valence-electron chi connectivity index (χ4n) is 10.3. The van der Waals surface area contributed by atoms with E-state index in [-0.39, 0.29) is 39.6 Å². The first-order chi connectivity index (χ1) is 16.1. The first-order valence-corrected chi connectivity index (χ1v) is 15.2. The monoisotopic (exact) mass is 550 g/mol. The van der Waals surface area contributed by atoms with Gasteiger partial charge in [-0.05, 0) is 109 Å².